The number of hydrogen-bond acceptors (Lipinski definition) is 6. The summed E-state index contributed by atoms with van der Waals surface area (Å²) in [7, 11) is 0. The summed E-state index contributed by atoms with van der Waals surface area (Å²) in [5, 5.41) is 11.5. The first kappa shape index (κ1) is 14.2. The third kappa shape index (κ3) is 5.14. The number of carbonyl (C=O) groups is 1. The highest BCUT2D eigenvalue weighted by atomic mass is 32.2. The van der Waals surface area contributed by atoms with E-state index in [0.29, 0.717) is 5.82 Å². The van der Waals surface area contributed by atoms with E-state index < -0.39 is 0 Å². The van der Waals surface area contributed by atoms with Gasteiger partial charge in [-0.2, -0.15) is 0 Å². The van der Waals surface area contributed by atoms with E-state index in [0.717, 1.165) is 43.6 Å². The second-order valence-electron chi connectivity index (χ2n) is 4.24. The second kappa shape index (κ2) is 7.42. The van der Waals surface area contributed by atoms with E-state index in [-0.39, 0.29) is 5.91 Å². The Morgan fingerprint density at radius 2 is 2.21 bits per heavy atom. The van der Waals surface area contributed by atoms with E-state index in [1.54, 1.807) is 17.8 Å². The summed E-state index contributed by atoms with van der Waals surface area (Å²) in [6.07, 6.45) is 0. The van der Waals surface area contributed by atoms with Crippen molar-refractivity contribution in [3.8, 4) is 0 Å². The predicted octanol–water partition coefficient (Wildman–Crippen LogP) is 0.859. The van der Waals surface area contributed by atoms with Crippen LogP contribution >= 0.6 is 11.8 Å². The number of nitrogens with one attached hydrogen (secondary N) is 1. The summed E-state index contributed by atoms with van der Waals surface area (Å²) in [6, 6.07) is 3.65. The molecule has 0 aromatic carbocycles. The van der Waals surface area contributed by atoms with Crippen molar-refractivity contribution in [1.29, 1.82) is 0 Å². The Labute approximate surface area is 116 Å². The lowest BCUT2D eigenvalue weighted by Gasteiger charge is -2.26. The first-order chi connectivity index (χ1) is 9.24. The maximum atomic E-state index is 10.8. The average molecular weight is 282 g/mol. The van der Waals surface area contributed by atoms with E-state index >= 15 is 0 Å². The summed E-state index contributed by atoms with van der Waals surface area (Å²) in [5.41, 5.74) is 0. The van der Waals surface area contributed by atoms with Crippen molar-refractivity contribution >= 4 is 23.5 Å². The Bertz CT molecular complexity index is 407. The molecule has 0 aliphatic carbocycles. The van der Waals surface area contributed by atoms with Crippen LogP contribution in [0.3, 0.4) is 0 Å². The van der Waals surface area contributed by atoms with Gasteiger partial charge < -0.3 is 10.1 Å². The van der Waals surface area contributed by atoms with Gasteiger partial charge in [0, 0.05) is 32.3 Å². The summed E-state index contributed by atoms with van der Waals surface area (Å²) in [6.45, 7) is 6.16. The fourth-order valence-corrected chi connectivity index (χ4v) is 2.57. The van der Waals surface area contributed by atoms with Crippen LogP contribution in [0.5, 0.6) is 0 Å². The predicted molar refractivity (Wildman–Crippen MR) is 74.3 cm³/mol. The van der Waals surface area contributed by atoms with Gasteiger partial charge in [-0.25, -0.2) is 0 Å². The van der Waals surface area contributed by atoms with E-state index in [1.165, 1.54) is 6.92 Å². The number of nitrogens with zero attached hydrogens (tertiary/aromatic N) is 3. The molecule has 1 aliphatic heterocycles. The average Bonchev–Trinajstić information content (AvgIpc) is 2.41. The van der Waals surface area contributed by atoms with Gasteiger partial charge in [-0.15, -0.1) is 22.0 Å². The molecule has 19 heavy (non-hydrogen) atoms. The van der Waals surface area contributed by atoms with Crippen molar-refractivity contribution in [2.75, 3.05) is 43.9 Å². The summed E-state index contributed by atoms with van der Waals surface area (Å²) < 4.78 is 5.30. The van der Waals surface area contributed by atoms with Gasteiger partial charge in [-0.3, -0.25) is 9.69 Å². The lowest BCUT2D eigenvalue weighted by molar-refractivity contribution is -0.114. The highest BCUT2D eigenvalue weighted by molar-refractivity contribution is 7.99. The normalized spacial score (nSPS) is 16.3. The number of ether oxygens (including phenoxy) is 1. The van der Waals surface area contributed by atoms with Crippen LogP contribution in [0, 0.1) is 0 Å². The van der Waals surface area contributed by atoms with Crippen molar-refractivity contribution in [3.63, 3.8) is 0 Å². The molecule has 0 unspecified atom stereocenters. The van der Waals surface area contributed by atoms with Gasteiger partial charge in [0.1, 0.15) is 5.03 Å². The SMILES string of the molecule is CC(=O)Nc1ccc(SCCN2CCOCC2)nn1. The summed E-state index contributed by atoms with van der Waals surface area (Å²) in [4.78, 5) is 13.2. The molecule has 6 nitrogen and oxygen atoms in total. The number of carbonyl (C=O) groups excluding carboxylic acids is 1. The van der Waals surface area contributed by atoms with Gasteiger partial charge in [-0.1, -0.05) is 0 Å². The molecular formula is C12H18N4O2S. The first-order valence-corrected chi connectivity index (χ1v) is 7.27. The zero-order valence-electron chi connectivity index (χ0n) is 11.0. The van der Waals surface area contributed by atoms with Crippen LogP contribution in [-0.4, -0.2) is 59.6 Å². The zero-order chi connectivity index (χ0) is 13.5. The smallest absolute Gasteiger partial charge is 0.222 e. The molecule has 0 spiro atoms. The number of aromatic nitrogens is 2. The fraction of sp³-hybridized carbons (Fsp3) is 0.583. The molecule has 1 aromatic heterocycles. The van der Waals surface area contributed by atoms with Crippen molar-refractivity contribution in [2.45, 2.75) is 11.9 Å². The molecule has 1 amide bonds. The molecule has 2 heterocycles. The van der Waals surface area contributed by atoms with Crippen LogP contribution < -0.4 is 5.32 Å². The highest BCUT2D eigenvalue weighted by Gasteiger charge is 2.09. The quantitative estimate of drug-likeness (QED) is 0.808. The molecule has 0 radical (unpaired) electrons. The van der Waals surface area contributed by atoms with Crippen LogP contribution in [0.4, 0.5) is 5.82 Å². The molecular weight excluding hydrogens is 264 g/mol. The van der Waals surface area contributed by atoms with E-state index in [4.69, 9.17) is 4.74 Å². The number of rotatable bonds is 5. The Morgan fingerprint density at radius 3 is 2.84 bits per heavy atom. The number of morpholine rings is 1. The molecule has 0 saturated carbocycles. The summed E-state index contributed by atoms with van der Waals surface area (Å²) >= 11 is 1.67. The van der Waals surface area contributed by atoms with Crippen LogP contribution in [0.25, 0.3) is 0 Å². The van der Waals surface area contributed by atoms with Crippen molar-refractivity contribution in [3.05, 3.63) is 12.1 Å². The largest absolute Gasteiger partial charge is 0.379 e. The molecule has 0 atom stereocenters. The molecule has 0 bridgehead atoms. The zero-order valence-corrected chi connectivity index (χ0v) is 11.8. The van der Waals surface area contributed by atoms with E-state index in [1.807, 2.05) is 6.07 Å². The highest BCUT2D eigenvalue weighted by Crippen LogP contribution is 2.15. The van der Waals surface area contributed by atoms with Crippen molar-refractivity contribution in [2.24, 2.45) is 0 Å². The minimum atomic E-state index is -0.137. The van der Waals surface area contributed by atoms with Gasteiger partial charge in [0.15, 0.2) is 5.82 Å². The maximum Gasteiger partial charge on any atom is 0.222 e. The third-order valence-corrected chi connectivity index (χ3v) is 3.61. The molecule has 7 heteroatoms. The summed E-state index contributed by atoms with van der Waals surface area (Å²) in [5.74, 6) is 1.33. The second-order valence-corrected chi connectivity index (χ2v) is 5.36. The van der Waals surface area contributed by atoms with Crippen LogP contribution in [-0.2, 0) is 9.53 Å². The molecule has 1 aliphatic rings. The Kier molecular flexibility index (Phi) is 5.56. The van der Waals surface area contributed by atoms with Crippen LogP contribution in [0.2, 0.25) is 0 Å². The van der Waals surface area contributed by atoms with Crippen molar-refractivity contribution < 1.29 is 9.53 Å². The Morgan fingerprint density at radius 1 is 1.42 bits per heavy atom. The minimum absolute atomic E-state index is 0.137. The lowest BCUT2D eigenvalue weighted by atomic mass is 10.4. The fourth-order valence-electron chi connectivity index (χ4n) is 1.75. The standard InChI is InChI=1S/C12H18N4O2S/c1-10(17)13-11-2-3-12(15-14-11)19-9-6-16-4-7-18-8-5-16/h2-3H,4-9H2,1H3,(H,13,14,17). The van der Waals surface area contributed by atoms with Gasteiger partial charge in [0.05, 0.1) is 13.2 Å². The Hall–Kier alpha value is -1.18. The maximum absolute atomic E-state index is 10.8. The molecule has 1 N–H and O–H groups in total. The molecule has 1 aromatic rings. The third-order valence-electron chi connectivity index (χ3n) is 2.71. The Balaban J connectivity index is 1.71. The molecule has 1 fully saturated rings. The first-order valence-electron chi connectivity index (χ1n) is 6.28. The number of hydrogen-bond donors (Lipinski definition) is 1. The number of anilines is 1. The van der Waals surface area contributed by atoms with Crippen LogP contribution in [0.1, 0.15) is 6.92 Å². The van der Waals surface area contributed by atoms with Gasteiger partial charge in [0.25, 0.3) is 0 Å². The monoisotopic (exact) mass is 282 g/mol. The molecule has 2 rings (SSSR count). The lowest BCUT2D eigenvalue weighted by Crippen LogP contribution is -2.37. The topological polar surface area (TPSA) is 67.4 Å². The van der Waals surface area contributed by atoms with Crippen molar-refractivity contribution in [1.82, 2.24) is 15.1 Å². The van der Waals surface area contributed by atoms with Gasteiger partial charge in [0.2, 0.25) is 5.91 Å². The van der Waals surface area contributed by atoms with Gasteiger partial charge in [-0.05, 0) is 12.1 Å². The van der Waals surface area contributed by atoms with E-state index in [9.17, 15) is 4.79 Å². The molecule has 104 valence electrons. The van der Waals surface area contributed by atoms with Gasteiger partial charge >= 0.3 is 0 Å². The minimum Gasteiger partial charge on any atom is -0.379 e. The van der Waals surface area contributed by atoms with Crippen LogP contribution in [0.15, 0.2) is 17.2 Å². The molecule has 1 saturated heterocycles. The van der Waals surface area contributed by atoms with E-state index in [2.05, 4.69) is 20.4 Å². The number of amides is 1. The number of thioether (sulfide) groups is 1.